The van der Waals surface area contributed by atoms with Gasteiger partial charge in [0.2, 0.25) is 0 Å². The number of nitrogens with one attached hydrogen (secondary N) is 1. The van der Waals surface area contributed by atoms with E-state index in [0.29, 0.717) is 0 Å². The zero-order chi connectivity index (χ0) is 20.0. The van der Waals surface area contributed by atoms with Crippen LogP contribution in [0.15, 0.2) is 24.8 Å². The van der Waals surface area contributed by atoms with Crippen LogP contribution in [0, 0.1) is 20.2 Å². The second-order valence-corrected chi connectivity index (χ2v) is 6.73. The molecule has 12 nitrogen and oxygen atoms in total. The van der Waals surface area contributed by atoms with Crippen LogP contribution >= 0.6 is 0 Å². The molecule has 1 fully saturated rings. The third-order valence-electron chi connectivity index (χ3n) is 2.80. The molecule has 3 rings (SSSR count). The fourth-order valence-corrected chi connectivity index (χ4v) is 1.42. The van der Waals surface area contributed by atoms with Crippen molar-refractivity contribution in [2.75, 3.05) is 6.61 Å². The summed E-state index contributed by atoms with van der Waals surface area (Å²) in [6, 6.07) is 0. The second kappa shape index (κ2) is 8.49. The number of nitrogens with zero attached hydrogens (tertiary/aromatic N) is 5. The van der Waals surface area contributed by atoms with E-state index in [-0.39, 0.29) is 23.5 Å². The lowest BCUT2D eigenvalue weighted by Gasteiger charge is -2.15. The number of epoxide rings is 1. The van der Waals surface area contributed by atoms with Crippen molar-refractivity contribution in [3.8, 4) is 0 Å². The molecule has 3 heterocycles. The van der Waals surface area contributed by atoms with Crippen molar-refractivity contribution >= 4 is 11.4 Å². The maximum absolute atomic E-state index is 10.3. The molecule has 1 aliphatic heterocycles. The Bertz CT molecular complexity index is 713. The van der Waals surface area contributed by atoms with Crippen LogP contribution in [0.4, 0.5) is 11.4 Å². The van der Waals surface area contributed by atoms with Crippen LogP contribution in [-0.4, -0.2) is 52.7 Å². The van der Waals surface area contributed by atoms with Crippen LogP contribution in [0.25, 0.3) is 0 Å². The first-order valence-corrected chi connectivity index (χ1v) is 7.56. The molecule has 12 heteroatoms. The minimum atomic E-state index is -0.917. The number of nitro groups is 2. The molecule has 1 aliphatic rings. The van der Waals surface area contributed by atoms with Gasteiger partial charge in [-0.3, -0.25) is 30.0 Å². The molecular formula is C14H22N6O6. The highest BCUT2D eigenvalue weighted by atomic mass is 16.6. The lowest BCUT2D eigenvalue weighted by Crippen LogP contribution is -2.26. The molecule has 0 bridgehead atoms. The minimum absolute atomic E-state index is 0.00926. The Kier molecular flexibility index (Phi) is 6.92. The molecule has 2 aromatic rings. The molecule has 0 aromatic carbocycles. The summed E-state index contributed by atoms with van der Waals surface area (Å²) in [5, 5.41) is 38.9. The van der Waals surface area contributed by atoms with Gasteiger partial charge in [0, 0.05) is 0 Å². The van der Waals surface area contributed by atoms with Crippen LogP contribution < -0.4 is 0 Å². The molecule has 1 saturated heterocycles. The Morgan fingerprint density at radius 1 is 1.31 bits per heavy atom. The molecular weight excluding hydrogens is 348 g/mol. The van der Waals surface area contributed by atoms with Crippen LogP contribution in [0.5, 0.6) is 0 Å². The van der Waals surface area contributed by atoms with Crippen molar-refractivity contribution in [3.05, 3.63) is 45.0 Å². The number of rotatable bonds is 4. The Labute approximate surface area is 149 Å². The van der Waals surface area contributed by atoms with Crippen molar-refractivity contribution in [1.29, 1.82) is 0 Å². The number of hydrogen-bond acceptors (Lipinski definition) is 8. The van der Waals surface area contributed by atoms with Crippen LogP contribution in [0.2, 0.25) is 0 Å². The second-order valence-electron chi connectivity index (χ2n) is 6.73. The highest BCUT2D eigenvalue weighted by molar-refractivity contribution is 5.20. The van der Waals surface area contributed by atoms with Gasteiger partial charge >= 0.3 is 11.4 Å². The van der Waals surface area contributed by atoms with E-state index in [4.69, 9.17) is 4.74 Å². The number of H-pyrrole nitrogens is 1. The fraction of sp³-hybridized carbons (Fsp3) is 0.571. The van der Waals surface area contributed by atoms with Crippen molar-refractivity contribution in [2.45, 2.75) is 45.4 Å². The van der Waals surface area contributed by atoms with Gasteiger partial charge in [-0.05, 0) is 27.7 Å². The molecule has 0 spiro atoms. The van der Waals surface area contributed by atoms with Gasteiger partial charge in [0.1, 0.15) is 18.6 Å². The molecule has 0 aliphatic carbocycles. The van der Waals surface area contributed by atoms with E-state index in [1.54, 1.807) is 13.8 Å². The lowest BCUT2D eigenvalue weighted by molar-refractivity contribution is -0.385. The Morgan fingerprint density at radius 3 is 2.12 bits per heavy atom. The SMILES string of the molecule is CC(C)(O)Cn1cc([N+](=O)[O-])cn1.CC1(C)CO1.O=[N+]([O-])c1cn[nH]c1. The van der Waals surface area contributed by atoms with E-state index in [1.165, 1.54) is 17.1 Å². The quantitative estimate of drug-likeness (QED) is 0.466. The van der Waals surface area contributed by atoms with Gasteiger partial charge in [-0.2, -0.15) is 10.2 Å². The zero-order valence-corrected chi connectivity index (χ0v) is 14.9. The topological polar surface area (TPSA) is 166 Å². The van der Waals surface area contributed by atoms with Gasteiger partial charge in [0.05, 0.1) is 40.4 Å². The van der Waals surface area contributed by atoms with E-state index >= 15 is 0 Å². The average Bonchev–Trinajstić information content (AvgIpc) is 2.97. The van der Waals surface area contributed by atoms with E-state index in [0.717, 1.165) is 19.0 Å². The molecule has 0 unspecified atom stereocenters. The fourth-order valence-electron chi connectivity index (χ4n) is 1.42. The van der Waals surface area contributed by atoms with Gasteiger partial charge in [-0.25, -0.2) is 0 Å². The van der Waals surface area contributed by atoms with Crippen molar-refractivity contribution in [1.82, 2.24) is 20.0 Å². The summed E-state index contributed by atoms with van der Waals surface area (Å²) in [5.74, 6) is 0. The standard InChI is InChI=1S/C7H11N3O3.C4H8O.C3H3N3O2/c1-7(2,11)5-9-4-6(3-8-9)10(12)13;1-4(2)3-5-4;7-6(8)3-1-4-5-2-3/h3-4,11H,5H2,1-2H3;3H2,1-2H3;1-2H,(H,4,5). The van der Waals surface area contributed by atoms with Crippen molar-refractivity contribution in [2.24, 2.45) is 0 Å². The Morgan fingerprint density at radius 2 is 1.85 bits per heavy atom. The molecule has 2 N–H and O–H groups in total. The highest BCUT2D eigenvalue weighted by Crippen LogP contribution is 2.23. The molecule has 26 heavy (non-hydrogen) atoms. The average molecular weight is 370 g/mol. The number of aromatic nitrogens is 4. The molecule has 2 aromatic heterocycles. The van der Waals surface area contributed by atoms with E-state index in [9.17, 15) is 25.3 Å². The summed E-state index contributed by atoms with van der Waals surface area (Å²) in [4.78, 5) is 19.0. The third-order valence-corrected chi connectivity index (χ3v) is 2.80. The van der Waals surface area contributed by atoms with Gasteiger partial charge in [-0.1, -0.05) is 0 Å². The molecule has 0 amide bonds. The molecule has 0 saturated carbocycles. The van der Waals surface area contributed by atoms with E-state index in [1.807, 2.05) is 0 Å². The third kappa shape index (κ3) is 8.84. The summed E-state index contributed by atoms with van der Waals surface area (Å²) >= 11 is 0. The summed E-state index contributed by atoms with van der Waals surface area (Å²) in [7, 11) is 0. The first-order chi connectivity index (χ1) is 11.9. The Balaban J connectivity index is 0.000000219. The summed E-state index contributed by atoms with van der Waals surface area (Å²) in [6.45, 7) is 8.56. The maximum atomic E-state index is 10.3. The smallest absolute Gasteiger partial charge is 0.306 e. The van der Waals surface area contributed by atoms with Crippen molar-refractivity contribution in [3.63, 3.8) is 0 Å². The first kappa shape index (κ1) is 21.2. The predicted octanol–water partition coefficient (Wildman–Crippen LogP) is 1.68. The summed E-state index contributed by atoms with van der Waals surface area (Å²) in [5.41, 5.74) is -0.742. The van der Waals surface area contributed by atoms with Crippen LogP contribution in [0.1, 0.15) is 27.7 Å². The summed E-state index contributed by atoms with van der Waals surface area (Å²) in [6.07, 6.45) is 4.82. The first-order valence-electron chi connectivity index (χ1n) is 7.56. The summed E-state index contributed by atoms with van der Waals surface area (Å²) < 4.78 is 6.24. The number of ether oxygens (including phenoxy) is 1. The number of aliphatic hydroxyl groups is 1. The van der Waals surface area contributed by atoms with Crippen molar-refractivity contribution < 1.29 is 19.7 Å². The minimum Gasteiger partial charge on any atom is -0.389 e. The number of aromatic amines is 1. The van der Waals surface area contributed by atoms with Gasteiger partial charge in [0.25, 0.3) is 0 Å². The zero-order valence-electron chi connectivity index (χ0n) is 14.9. The monoisotopic (exact) mass is 370 g/mol. The Hall–Kier alpha value is -2.86. The maximum Gasteiger partial charge on any atom is 0.306 e. The predicted molar refractivity (Wildman–Crippen MR) is 90.5 cm³/mol. The van der Waals surface area contributed by atoms with Gasteiger partial charge in [-0.15, -0.1) is 0 Å². The molecule has 144 valence electrons. The largest absolute Gasteiger partial charge is 0.389 e. The lowest BCUT2D eigenvalue weighted by atomic mass is 10.1. The van der Waals surface area contributed by atoms with E-state index in [2.05, 4.69) is 29.1 Å². The molecule has 0 radical (unpaired) electrons. The highest BCUT2D eigenvalue weighted by Gasteiger charge is 2.32. The van der Waals surface area contributed by atoms with Crippen LogP contribution in [0.3, 0.4) is 0 Å². The van der Waals surface area contributed by atoms with Crippen LogP contribution in [-0.2, 0) is 11.3 Å². The number of hydrogen-bond donors (Lipinski definition) is 2. The normalized spacial score (nSPS) is 14.3. The van der Waals surface area contributed by atoms with Gasteiger partial charge < -0.3 is 9.84 Å². The molecule has 0 atom stereocenters. The van der Waals surface area contributed by atoms with Gasteiger partial charge in [0.15, 0.2) is 0 Å². The van der Waals surface area contributed by atoms with E-state index < -0.39 is 15.4 Å².